The van der Waals surface area contributed by atoms with E-state index in [1.54, 1.807) is 6.42 Å². The van der Waals surface area contributed by atoms with Gasteiger partial charge in [-0.2, -0.15) is 0 Å². The Hall–Kier alpha value is -0.0400. The van der Waals surface area contributed by atoms with E-state index in [1.807, 2.05) is 0 Å². The molecule has 12 heavy (non-hydrogen) atoms. The Morgan fingerprint density at radius 3 is 2.83 bits per heavy atom. The third kappa shape index (κ3) is 1.39. The Morgan fingerprint density at radius 2 is 2.00 bits per heavy atom. The highest BCUT2D eigenvalue weighted by molar-refractivity contribution is 4.98. The van der Waals surface area contributed by atoms with Crippen molar-refractivity contribution in [3.05, 3.63) is 0 Å². The zero-order valence-electron chi connectivity index (χ0n) is 7.76. The molecular weight excluding hydrogens is 146 g/mol. The lowest BCUT2D eigenvalue weighted by molar-refractivity contribution is 0.350. The lowest BCUT2D eigenvalue weighted by Gasteiger charge is -2.22. The first-order chi connectivity index (χ1) is 5.93. The predicted molar refractivity (Wildman–Crippen MR) is 50.0 cm³/mol. The number of fused-ring (bicyclic) bond motifs is 1. The Bertz CT molecular complexity index is 174. The number of hydrogen-bond acceptors (Lipinski definition) is 1. The van der Waals surface area contributed by atoms with Crippen LogP contribution in [0.2, 0.25) is 0 Å². The summed E-state index contributed by atoms with van der Waals surface area (Å²) in [5.74, 6) is 3.29. The van der Waals surface area contributed by atoms with Crippen molar-refractivity contribution in [2.24, 2.45) is 17.8 Å². The molecule has 1 unspecified atom stereocenters. The Labute approximate surface area is 74.9 Å². The maximum Gasteiger partial charge on any atom is 0.00981 e. The summed E-state index contributed by atoms with van der Waals surface area (Å²) in [6, 6.07) is 0.921. The monoisotopic (exact) mass is 165 g/mol. The molecule has 0 bridgehead atoms. The van der Waals surface area contributed by atoms with Crippen LogP contribution in [0.15, 0.2) is 0 Å². The summed E-state index contributed by atoms with van der Waals surface area (Å²) < 4.78 is 0. The van der Waals surface area contributed by atoms with Gasteiger partial charge in [0.1, 0.15) is 0 Å². The van der Waals surface area contributed by atoms with Crippen LogP contribution in [0.25, 0.3) is 0 Å². The maximum absolute atomic E-state index is 3.77. The van der Waals surface area contributed by atoms with Gasteiger partial charge in [-0.15, -0.1) is 0 Å². The highest BCUT2D eigenvalue weighted by Gasteiger charge is 2.45. The van der Waals surface area contributed by atoms with Gasteiger partial charge in [-0.25, -0.2) is 0 Å². The Balaban J connectivity index is 1.47. The zero-order chi connectivity index (χ0) is 7.97. The normalized spacial score (nSPS) is 45.5. The molecule has 0 amide bonds. The molecule has 0 spiro atoms. The van der Waals surface area contributed by atoms with Crippen molar-refractivity contribution in [2.45, 2.75) is 44.6 Å². The largest absolute Gasteiger partial charge is 0.313 e. The van der Waals surface area contributed by atoms with Crippen LogP contribution in [0.5, 0.6) is 0 Å². The molecule has 3 rings (SSSR count). The number of hydrogen-bond donors (Lipinski definition) is 1. The molecule has 0 aromatic carbocycles. The molecule has 68 valence electrons. The van der Waals surface area contributed by atoms with E-state index in [2.05, 4.69) is 5.32 Å². The second-order valence-corrected chi connectivity index (χ2v) is 5.05. The second kappa shape index (κ2) is 2.73. The van der Waals surface area contributed by atoms with Crippen LogP contribution in [-0.4, -0.2) is 12.6 Å². The van der Waals surface area contributed by atoms with Crippen LogP contribution in [0.1, 0.15) is 38.5 Å². The van der Waals surface area contributed by atoms with E-state index in [9.17, 15) is 0 Å². The van der Waals surface area contributed by atoms with Crippen LogP contribution < -0.4 is 5.32 Å². The van der Waals surface area contributed by atoms with Gasteiger partial charge in [0.2, 0.25) is 0 Å². The van der Waals surface area contributed by atoms with Gasteiger partial charge in [0.05, 0.1) is 0 Å². The first-order valence-electron chi connectivity index (χ1n) is 5.67. The molecule has 3 aliphatic rings. The van der Waals surface area contributed by atoms with Crippen LogP contribution in [0.4, 0.5) is 0 Å². The average molecular weight is 165 g/mol. The summed E-state index contributed by atoms with van der Waals surface area (Å²) in [6.45, 7) is 1.33. The van der Waals surface area contributed by atoms with E-state index < -0.39 is 0 Å². The van der Waals surface area contributed by atoms with Crippen LogP contribution >= 0.6 is 0 Å². The molecule has 0 aromatic heterocycles. The van der Waals surface area contributed by atoms with Gasteiger partial charge in [-0.05, 0) is 50.0 Å². The van der Waals surface area contributed by atoms with Crippen molar-refractivity contribution >= 4 is 0 Å². The number of rotatable bonds is 3. The van der Waals surface area contributed by atoms with Gasteiger partial charge < -0.3 is 5.32 Å². The van der Waals surface area contributed by atoms with Crippen molar-refractivity contribution in [3.8, 4) is 0 Å². The van der Waals surface area contributed by atoms with E-state index in [0.29, 0.717) is 0 Å². The third-order valence-electron chi connectivity index (χ3n) is 3.95. The van der Waals surface area contributed by atoms with E-state index in [-0.39, 0.29) is 0 Å². The fourth-order valence-corrected chi connectivity index (χ4v) is 2.80. The van der Waals surface area contributed by atoms with E-state index >= 15 is 0 Å². The standard InChI is InChI=1S/C11H19N/c1-2-9-6-10(9)11(3-1)12-7-8-4-5-8/h8-12H,1-7H2/t9-,10+,11?/m1/s1. The lowest BCUT2D eigenvalue weighted by Crippen LogP contribution is -2.34. The van der Waals surface area contributed by atoms with E-state index in [1.165, 1.54) is 38.6 Å². The fourth-order valence-electron chi connectivity index (χ4n) is 2.80. The molecule has 3 fully saturated rings. The summed E-state index contributed by atoms with van der Waals surface area (Å²) in [5.41, 5.74) is 0. The van der Waals surface area contributed by atoms with Gasteiger partial charge in [0.25, 0.3) is 0 Å². The summed E-state index contributed by atoms with van der Waals surface area (Å²) in [4.78, 5) is 0. The van der Waals surface area contributed by atoms with Crippen LogP contribution in [0.3, 0.4) is 0 Å². The van der Waals surface area contributed by atoms with Crippen LogP contribution in [0, 0.1) is 17.8 Å². The van der Waals surface area contributed by atoms with Crippen LogP contribution in [-0.2, 0) is 0 Å². The fraction of sp³-hybridized carbons (Fsp3) is 1.00. The van der Waals surface area contributed by atoms with Crippen molar-refractivity contribution < 1.29 is 0 Å². The van der Waals surface area contributed by atoms with Gasteiger partial charge >= 0.3 is 0 Å². The smallest absolute Gasteiger partial charge is 0.00981 e. The minimum atomic E-state index is 0.921. The summed E-state index contributed by atoms with van der Waals surface area (Å²) in [5, 5.41) is 3.77. The molecule has 3 atom stereocenters. The minimum absolute atomic E-state index is 0.921. The van der Waals surface area contributed by atoms with E-state index in [0.717, 1.165) is 23.8 Å². The quantitative estimate of drug-likeness (QED) is 0.676. The maximum atomic E-state index is 3.77. The zero-order valence-corrected chi connectivity index (χ0v) is 7.76. The molecule has 0 heterocycles. The molecule has 0 saturated heterocycles. The van der Waals surface area contributed by atoms with Crippen molar-refractivity contribution in [1.29, 1.82) is 0 Å². The Kier molecular flexibility index (Phi) is 1.68. The number of nitrogens with one attached hydrogen (secondary N) is 1. The molecule has 3 aliphatic carbocycles. The van der Waals surface area contributed by atoms with Crippen molar-refractivity contribution in [2.75, 3.05) is 6.54 Å². The van der Waals surface area contributed by atoms with Crippen molar-refractivity contribution in [3.63, 3.8) is 0 Å². The van der Waals surface area contributed by atoms with Gasteiger partial charge in [0.15, 0.2) is 0 Å². The lowest BCUT2D eigenvalue weighted by atomic mass is 9.95. The Morgan fingerprint density at radius 1 is 1.08 bits per heavy atom. The molecule has 0 aliphatic heterocycles. The SMILES string of the molecule is C1CC(NCC2CC2)[C@H]2C[C@H]2C1. The first-order valence-corrected chi connectivity index (χ1v) is 5.67. The molecule has 1 heteroatoms. The summed E-state index contributed by atoms with van der Waals surface area (Å²) in [6.07, 6.45) is 9.02. The predicted octanol–water partition coefficient (Wildman–Crippen LogP) is 2.17. The van der Waals surface area contributed by atoms with Gasteiger partial charge in [0, 0.05) is 6.04 Å². The molecule has 1 N–H and O–H groups in total. The third-order valence-corrected chi connectivity index (χ3v) is 3.95. The molecular formula is C11H19N. The van der Waals surface area contributed by atoms with E-state index in [4.69, 9.17) is 0 Å². The second-order valence-electron chi connectivity index (χ2n) is 5.05. The average Bonchev–Trinajstić information content (AvgIpc) is 2.95. The highest BCUT2D eigenvalue weighted by atomic mass is 14.9. The van der Waals surface area contributed by atoms with Gasteiger partial charge in [-0.3, -0.25) is 0 Å². The van der Waals surface area contributed by atoms with Crippen molar-refractivity contribution in [1.82, 2.24) is 5.32 Å². The molecule has 0 radical (unpaired) electrons. The topological polar surface area (TPSA) is 12.0 Å². The summed E-state index contributed by atoms with van der Waals surface area (Å²) >= 11 is 0. The molecule has 1 nitrogen and oxygen atoms in total. The first kappa shape index (κ1) is 7.37. The highest BCUT2D eigenvalue weighted by Crippen LogP contribution is 2.49. The summed E-state index contributed by atoms with van der Waals surface area (Å²) in [7, 11) is 0. The minimum Gasteiger partial charge on any atom is -0.313 e. The van der Waals surface area contributed by atoms with Gasteiger partial charge in [-0.1, -0.05) is 12.8 Å². The molecule has 0 aromatic rings. The molecule has 3 saturated carbocycles.